The monoisotopic (exact) mass is 520 g/mol. The Hall–Kier alpha value is -1.91. The van der Waals surface area contributed by atoms with Crippen LogP contribution in [-0.2, 0) is 16.3 Å². The lowest BCUT2D eigenvalue weighted by molar-refractivity contribution is -0.597. The molecule has 3 aromatic carbocycles. The number of benzene rings is 3. The van der Waals surface area contributed by atoms with Crippen LogP contribution in [0.25, 0.3) is 0 Å². The Balaban J connectivity index is 0.000000221. The topological polar surface area (TPSA) is 57.2 Å². The molecule has 28 heavy (non-hydrogen) atoms. The van der Waals surface area contributed by atoms with Crippen molar-refractivity contribution in [3.05, 3.63) is 97.1 Å². The van der Waals surface area contributed by atoms with E-state index in [2.05, 4.69) is 0 Å². The maximum absolute atomic E-state index is 12.4. The molecule has 0 saturated carbocycles. The molecule has 148 valence electrons. The second-order valence-corrected chi connectivity index (χ2v) is 10.1. The normalized spacial score (nSPS) is 11.5. The average Bonchev–Trinajstić information content (AvgIpc) is 2.62. The molecule has 3 rings (SSSR count). The first-order valence-electron chi connectivity index (χ1n) is 7.95. The summed E-state index contributed by atoms with van der Waals surface area (Å²) in [6.07, 6.45) is -4.25. The molecule has 0 N–H and O–H groups in total. The number of alkyl halides is 3. The van der Waals surface area contributed by atoms with E-state index in [1.165, 1.54) is 15.7 Å². The van der Waals surface area contributed by atoms with Gasteiger partial charge in [0.1, 0.15) is 10.1 Å². The SMILES string of the molecule is Cc1ccc(S(=O)(=O)[O-])cc1.FC(F)(F)c1ccc([I+]c2ccccc2)cc1. The van der Waals surface area contributed by atoms with E-state index < -0.39 is 21.9 Å². The Morgan fingerprint density at radius 3 is 1.75 bits per heavy atom. The molecule has 0 heterocycles. The van der Waals surface area contributed by atoms with Crippen molar-refractivity contribution in [3.8, 4) is 0 Å². The molecule has 0 amide bonds. The van der Waals surface area contributed by atoms with Crippen molar-refractivity contribution in [2.75, 3.05) is 0 Å². The predicted molar refractivity (Wildman–Crippen MR) is 94.4 cm³/mol. The molecule has 8 heteroatoms. The summed E-state index contributed by atoms with van der Waals surface area (Å²) in [5.74, 6) is 0. The lowest BCUT2D eigenvalue weighted by atomic mass is 10.2. The molecule has 0 aliphatic rings. The quantitative estimate of drug-likeness (QED) is 0.391. The van der Waals surface area contributed by atoms with Crippen LogP contribution < -0.4 is 21.2 Å². The number of rotatable bonds is 3. The van der Waals surface area contributed by atoms with Gasteiger partial charge in [-0.15, -0.1) is 0 Å². The van der Waals surface area contributed by atoms with Crippen molar-refractivity contribution in [1.82, 2.24) is 0 Å². The smallest absolute Gasteiger partial charge is 0.416 e. The van der Waals surface area contributed by atoms with Gasteiger partial charge >= 0.3 is 27.4 Å². The molecule has 3 aromatic rings. The fraction of sp³-hybridized carbons (Fsp3) is 0.100. The van der Waals surface area contributed by atoms with E-state index >= 15 is 0 Å². The molecule has 0 saturated heterocycles. The van der Waals surface area contributed by atoms with E-state index in [0.717, 1.165) is 21.3 Å². The Kier molecular flexibility index (Phi) is 7.62. The van der Waals surface area contributed by atoms with Gasteiger partial charge in [-0.2, -0.15) is 13.2 Å². The summed E-state index contributed by atoms with van der Waals surface area (Å²) in [5, 5.41) is 0. The molecule has 0 unspecified atom stereocenters. The van der Waals surface area contributed by atoms with E-state index in [-0.39, 0.29) is 26.1 Å². The van der Waals surface area contributed by atoms with Crippen molar-refractivity contribution in [1.29, 1.82) is 0 Å². The molecule has 0 atom stereocenters. The summed E-state index contributed by atoms with van der Waals surface area (Å²) in [6, 6.07) is 21.1. The molecular formula is C20H16F3IO3S. The lowest BCUT2D eigenvalue weighted by Crippen LogP contribution is -3.61. The minimum atomic E-state index is -4.27. The zero-order valence-electron chi connectivity index (χ0n) is 14.7. The highest BCUT2D eigenvalue weighted by Gasteiger charge is 2.30. The van der Waals surface area contributed by atoms with Crippen molar-refractivity contribution in [2.45, 2.75) is 18.0 Å². The summed E-state index contributed by atoms with van der Waals surface area (Å²) in [5.41, 5.74) is 0.343. The molecule has 0 aromatic heterocycles. The first kappa shape index (κ1) is 22.4. The van der Waals surface area contributed by atoms with E-state index in [4.69, 9.17) is 0 Å². The maximum Gasteiger partial charge on any atom is 0.416 e. The van der Waals surface area contributed by atoms with E-state index in [1.807, 2.05) is 37.3 Å². The fourth-order valence-corrected chi connectivity index (χ4v) is 4.69. The van der Waals surface area contributed by atoms with Crippen LogP contribution in [-0.4, -0.2) is 13.0 Å². The highest BCUT2D eigenvalue weighted by Crippen LogP contribution is 2.28. The molecule has 0 spiro atoms. The number of aryl methyl sites for hydroxylation is 1. The van der Waals surface area contributed by atoms with Crippen LogP contribution in [0.5, 0.6) is 0 Å². The minimum Gasteiger partial charge on any atom is -0.744 e. The Bertz CT molecular complexity index is 986. The van der Waals surface area contributed by atoms with Gasteiger partial charge in [0.25, 0.3) is 0 Å². The second-order valence-electron chi connectivity index (χ2n) is 5.66. The second kappa shape index (κ2) is 9.53. The Morgan fingerprint density at radius 1 is 0.786 bits per heavy atom. The predicted octanol–water partition coefficient (Wildman–Crippen LogP) is 1.73. The van der Waals surface area contributed by atoms with Crippen molar-refractivity contribution >= 4 is 10.1 Å². The van der Waals surface area contributed by atoms with Crippen LogP contribution in [0.15, 0.2) is 83.8 Å². The molecule has 0 fully saturated rings. The summed E-state index contributed by atoms with van der Waals surface area (Å²) in [4.78, 5) is -0.178. The summed E-state index contributed by atoms with van der Waals surface area (Å²) < 4.78 is 70.4. The number of halogens is 4. The van der Waals surface area contributed by atoms with Crippen LogP contribution in [0, 0.1) is 14.1 Å². The zero-order chi connectivity index (χ0) is 20.8. The highest BCUT2D eigenvalue weighted by atomic mass is 127. The van der Waals surface area contributed by atoms with Crippen LogP contribution >= 0.6 is 0 Å². The van der Waals surface area contributed by atoms with Gasteiger partial charge in [0.15, 0.2) is 7.14 Å². The molecule has 0 aliphatic carbocycles. The maximum atomic E-state index is 12.4. The molecule has 3 nitrogen and oxygen atoms in total. The van der Waals surface area contributed by atoms with Gasteiger partial charge in [0, 0.05) is 0 Å². The highest BCUT2D eigenvalue weighted by molar-refractivity contribution is 7.85. The number of hydrogen-bond acceptors (Lipinski definition) is 3. The third-order valence-electron chi connectivity index (χ3n) is 3.43. The standard InChI is InChI=1S/C13H9F3I.C7H8O3S/c14-13(15,16)10-6-8-12(9-7-10)17-11-4-2-1-3-5-11;1-6-2-4-7(5-3-6)11(8,9)10/h1-9H;2-5H,1H3,(H,8,9,10)/q+1;/p-1. The number of hydrogen-bond donors (Lipinski definition) is 0. The summed E-state index contributed by atoms with van der Waals surface area (Å²) >= 11 is -0.388. The Morgan fingerprint density at radius 2 is 1.29 bits per heavy atom. The lowest BCUT2D eigenvalue weighted by Gasteiger charge is -2.05. The van der Waals surface area contributed by atoms with Gasteiger partial charge in [0.05, 0.1) is 10.5 Å². The first-order valence-corrected chi connectivity index (χ1v) is 11.5. The van der Waals surface area contributed by atoms with Crippen LogP contribution in [0.3, 0.4) is 0 Å². The van der Waals surface area contributed by atoms with Crippen molar-refractivity contribution < 1.29 is 47.3 Å². The molecular weight excluding hydrogens is 504 g/mol. The molecule has 0 radical (unpaired) electrons. The minimum absolute atomic E-state index is 0.178. The molecule has 0 bridgehead atoms. The van der Waals surface area contributed by atoms with Gasteiger partial charge in [0.2, 0.25) is 0 Å². The van der Waals surface area contributed by atoms with E-state index in [9.17, 15) is 26.1 Å². The van der Waals surface area contributed by atoms with E-state index in [0.29, 0.717) is 0 Å². The van der Waals surface area contributed by atoms with Gasteiger partial charge in [-0.3, -0.25) is 0 Å². The van der Waals surface area contributed by atoms with Crippen LogP contribution in [0.4, 0.5) is 13.2 Å². The van der Waals surface area contributed by atoms with Crippen molar-refractivity contribution in [3.63, 3.8) is 0 Å². The largest absolute Gasteiger partial charge is 0.744 e. The molecule has 0 aliphatic heterocycles. The van der Waals surface area contributed by atoms with E-state index in [1.54, 1.807) is 24.3 Å². The third-order valence-corrected chi connectivity index (χ3v) is 6.97. The average molecular weight is 520 g/mol. The third kappa shape index (κ3) is 7.25. The van der Waals surface area contributed by atoms with Gasteiger partial charge < -0.3 is 4.55 Å². The van der Waals surface area contributed by atoms with Gasteiger partial charge in [-0.1, -0.05) is 35.9 Å². The summed E-state index contributed by atoms with van der Waals surface area (Å²) in [6.45, 7) is 1.82. The summed E-state index contributed by atoms with van der Waals surface area (Å²) in [7, 11) is -4.27. The first-order chi connectivity index (χ1) is 13.1. The van der Waals surface area contributed by atoms with Crippen molar-refractivity contribution in [2.24, 2.45) is 0 Å². The van der Waals surface area contributed by atoms with Crippen LogP contribution in [0.1, 0.15) is 11.1 Å². The van der Waals surface area contributed by atoms with Crippen LogP contribution in [0.2, 0.25) is 0 Å². The zero-order valence-corrected chi connectivity index (χ0v) is 17.6. The Labute approximate surface area is 172 Å². The fourth-order valence-electron chi connectivity index (χ4n) is 2.01. The van der Waals surface area contributed by atoms with Gasteiger partial charge in [-0.05, 0) is 55.5 Å². The van der Waals surface area contributed by atoms with Gasteiger partial charge in [-0.25, -0.2) is 8.42 Å².